The van der Waals surface area contributed by atoms with Crippen molar-refractivity contribution in [3.05, 3.63) is 33.4 Å². The van der Waals surface area contributed by atoms with Crippen molar-refractivity contribution in [2.75, 3.05) is 0 Å². The maximum Gasteiger partial charge on any atom is 0.157 e. The van der Waals surface area contributed by atoms with Gasteiger partial charge in [0.15, 0.2) is 5.16 Å². The van der Waals surface area contributed by atoms with E-state index in [2.05, 4.69) is 26.2 Å². The van der Waals surface area contributed by atoms with Crippen LogP contribution in [-0.4, -0.2) is 6.04 Å². The van der Waals surface area contributed by atoms with Crippen molar-refractivity contribution >= 4 is 27.5 Å². The van der Waals surface area contributed by atoms with Crippen molar-refractivity contribution in [3.8, 4) is 0 Å². The highest BCUT2D eigenvalue weighted by Crippen LogP contribution is 2.31. The van der Waals surface area contributed by atoms with Gasteiger partial charge in [-0.1, -0.05) is 33.6 Å². The maximum atomic E-state index is 5.77. The highest BCUT2D eigenvalue weighted by molar-refractivity contribution is 9.11. The molecule has 1 heterocycles. The standard InChI is InChI=1S/C7H4BrClN2/c8-4-1-2-6-5(3-4)7(9)11-10-6/h1-3,6H/t6-/m0/s1. The van der Waals surface area contributed by atoms with E-state index < -0.39 is 0 Å². The highest BCUT2D eigenvalue weighted by atomic mass is 79.9. The monoisotopic (exact) mass is 230 g/mol. The molecule has 1 atom stereocenters. The summed E-state index contributed by atoms with van der Waals surface area (Å²) in [6, 6.07) is 0.0452. The second-order valence-corrected chi connectivity index (χ2v) is 3.57. The average Bonchev–Trinajstić information content (AvgIpc) is 2.33. The topological polar surface area (TPSA) is 24.7 Å². The summed E-state index contributed by atoms with van der Waals surface area (Å²) < 4.78 is 1.01. The predicted octanol–water partition coefficient (Wildman–Crippen LogP) is 3.12. The van der Waals surface area contributed by atoms with E-state index in [1.165, 1.54) is 0 Å². The van der Waals surface area contributed by atoms with Crippen molar-refractivity contribution in [1.82, 2.24) is 0 Å². The first kappa shape index (κ1) is 7.25. The zero-order valence-corrected chi connectivity index (χ0v) is 7.80. The smallest absolute Gasteiger partial charge is 0.157 e. The van der Waals surface area contributed by atoms with Gasteiger partial charge in [-0.2, -0.15) is 5.11 Å². The number of azo groups is 1. The van der Waals surface area contributed by atoms with Crippen molar-refractivity contribution in [3.63, 3.8) is 0 Å². The summed E-state index contributed by atoms with van der Waals surface area (Å²) in [5.41, 5.74) is 0.973. The molecule has 1 aliphatic heterocycles. The molecule has 0 radical (unpaired) electrons. The van der Waals surface area contributed by atoms with Crippen LogP contribution in [0.15, 0.2) is 43.7 Å². The molecular weight excluding hydrogens is 227 g/mol. The van der Waals surface area contributed by atoms with E-state index in [-0.39, 0.29) is 6.04 Å². The van der Waals surface area contributed by atoms with Crippen LogP contribution in [0.5, 0.6) is 0 Å². The second-order valence-electron chi connectivity index (χ2n) is 2.29. The Labute approximate surface area is 77.5 Å². The fraction of sp³-hybridized carbons (Fsp3) is 0.143. The van der Waals surface area contributed by atoms with Crippen LogP contribution in [0.4, 0.5) is 0 Å². The molecule has 4 heteroatoms. The molecule has 11 heavy (non-hydrogen) atoms. The summed E-state index contributed by atoms with van der Waals surface area (Å²) in [7, 11) is 0. The molecule has 2 aliphatic rings. The number of hydrogen-bond donors (Lipinski definition) is 0. The summed E-state index contributed by atoms with van der Waals surface area (Å²) in [4.78, 5) is 0. The van der Waals surface area contributed by atoms with Crippen LogP contribution >= 0.6 is 27.5 Å². The Morgan fingerprint density at radius 1 is 1.55 bits per heavy atom. The van der Waals surface area contributed by atoms with E-state index in [1.807, 2.05) is 18.2 Å². The summed E-state index contributed by atoms with van der Waals surface area (Å²) in [6.45, 7) is 0. The van der Waals surface area contributed by atoms with Crippen molar-refractivity contribution in [2.24, 2.45) is 10.2 Å². The van der Waals surface area contributed by atoms with Crippen LogP contribution in [-0.2, 0) is 0 Å². The average molecular weight is 231 g/mol. The Morgan fingerprint density at radius 2 is 2.36 bits per heavy atom. The van der Waals surface area contributed by atoms with Crippen LogP contribution in [0.2, 0.25) is 0 Å². The Kier molecular flexibility index (Phi) is 1.69. The molecule has 2 nitrogen and oxygen atoms in total. The van der Waals surface area contributed by atoms with E-state index in [1.54, 1.807) is 0 Å². The molecule has 0 saturated heterocycles. The first-order valence-corrected chi connectivity index (χ1v) is 4.30. The third kappa shape index (κ3) is 1.19. The summed E-state index contributed by atoms with van der Waals surface area (Å²) in [5.74, 6) is 0. The van der Waals surface area contributed by atoms with Gasteiger partial charge in [-0.05, 0) is 12.2 Å². The van der Waals surface area contributed by atoms with Crippen LogP contribution < -0.4 is 0 Å². The lowest BCUT2D eigenvalue weighted by Gasteiger charge is -2.06. The minimum atomic E-state index is 0.0452. The molecule has 0 aromatic rings. The molecule has 1 aliphatic carbocycles. The molecule has 0 aromatic carbocycles. The molecule has 2 rings (SSSR count). The predicted molar refractivity (Wildman–Crippen MR) is 47.7 cm³/mol. The van der Waals surface area contributed by atoms with Gasteiger partial charge in [0.25, 0.3) is 0 Å². The van der Waals surface area contributed by atoms with E-state index in [9.17, 15) is 0 Å². The molecule has 0 spiro atoms. The zero-order valence-electron chi connectivity index (χ0n) is 5.46. The second kappa shape index (κ2) is 2.57. The number of fused-ring (bicyclic) bond motifs is 1. The van der Waals surface area contributed by atoms with Crippen molar-refractivity contribution in [1.29, 1.82) is 0 Å². The molecule has 0 bridgehead atoms. The van der Waals surface area contributed by atoms with Gasteiger partial charge in [0.2, 0.25) is 0 Å². The fourth-order valence-electron chi connectivity index (χ4n) is 1.02. The molecule has 56 valence electrons. The zero-order chi connectivity index (χ0) is 7.84. The highest BCUT2D eigenvalue weighted by Gasteiger charge is 2.20. The van der Waals surface area contributed by atoms with Gasteiger partial charge in [-0.25, -0.2) is 0 Å². The Morgan fingerprint density at radius 3 is 3.18 bits per heavy atom. The van der Waals surface area contributed by atoms with E-state index in [0.29, 0.717) is 5.16 Å². The quantitative estimate of drug-likeness (QED) is 0.572. The van der Waals surface area contributed by atoms with Crippen LogP contribution in [0.25, 0.3) is 0 Å². The van der Waals surface area contributed by atoms with Gasteiger partial charge in [0, 0.05) is 10.1 Å². The lowest BCUT2D eigenvalue weighted by molar-refractivity contribution is 0.944. The maximum absolute atomic E-state index is 5.77. The van der Waals surface area contributed by atoms with Gasteiger partial charge < -0.3 is 0 Å². The minimum Gasteiger partial charge on any atom is -0.175 e. The van der Waals surface area contributed by atoms with Gasteiger partial charge in [-0.3, -0.25) is 0 Å². The Bertz CT molecular complexity index is 314. The number of rotatable bonds is 0. The van der Waals surface area contributed by atoms with Gasteiger partial charge in [-0.15, -0.1) is 5.11 Å². The number of nitrogens with zero attached hydrogens (tertiary/aromatic N) is 2. The third-order valence-corrected chi connectivity index (χ3v) is 2.34. The van der Waals surface area contributed by atoms with Gasteiger partial charge in [0.05, 0.1) is 0 Å². The van der Waals surface area contributed by atoms with E-state index >= 15 is 0 Å². The molecule has 0 aromatic heterocycles. The normalized spacial score (nSPS) is 27.5. The van der Waals surface area contributed by atoms with Crippen molar-refractivity contribution in [2.45, 2.75) is 6.04 Å². The molecule has 0 amide bonds. The van der Waals surface area contributed by atoms with Crippen molar-refractivity contribution < 1.29 is 0 Å². The number of hydrogen-bond acceptors (Lipinski definition) is 2. The van der Waals surface area contributed by atoms with Crippen LogP contribution in [0.3, 0.4) is 0 Å². The Balaban J connectivity index is 2.46. The fourth-order valence-corrected chi connectivity index (χ4v) is 1.63. The van der Waals surface area contributed by atoms with Crippen LogP contribution in [0.1, 0.15) is 0 Å². The number of halogens is 2. The summed E-state index contributed by atoms with van der Waals surface area (Å²) in [6.07, 6.45) is 5.84. The van der Waals surface area contributed by atoms with E-state index in [4.69, 9.17) is 11.6 Å². The molecular formula is C7H4BrClN2. The molecule has 0 N–H and O–H groups in total. The lowest BCUT2D eigenvalue weighted by Crippen LogP contribution is -2.02. The van der Waals surface area contributed by atoms with Crippen LogP contribution in [0, 0.1) is 0 Å². The Hall–Kier alpha value is -0.410. The molecule has 0 saturated carbocycles. The SMILES string of the molecule is ClC1=C2C=C(Br)C=C[C@@H]2N=N1. The summed E-state index contributed by atoms with van der Waals surface area (Å²) in [5, 5.41) is 8.20. The molecule has 0 fully saturated rings. The van der Waals surface area contributed by atoms with E-state index in [0.717, 1.165) is 10.1 Å². The first-order valence-electron chi connectivity index (χ1n) is 3.13. The molecule has 0 unspecified atom stereocenters. The third-order valence-electron chi connectivity index (χ3n) is 1.56. The van der Waals surface area contributed by atoms with Gasteiger partial charge in [0.1, 0.15) is 6.04 Å². The first-order chi connectivity index (χ1) is 5.27. The van der Waals surface area contributed by atoms with Gasteiger partial charge >= 0.3 is 0 Å². The number of allylic oxidation sites excluding steroid dienone is 2. The minimum absolute atomic E-state index is 0.0452. The summed E-state index contributed by atoms with van der Waals surface area (Å²) >= 11 is 9.12. The lowest BCUT2D eigenvalue weighted by atomic mass is 10.1. The largest absolute Gasteiger partial charge is 0.175 e.